The number of pyridine rings is 1. The topological polar surface area (TPSA) is 3.88 Å². The highest BCUT2D eigenvalue weighted by atomic mass is 14.9. The van der Waals surface area contributed by atoms with Crippen molar-refractivity contribution in [2.75, 3.05) is 0 Å². The van der Waals surface area contributed by atoms with E-state index in [4.69, 9.17) is 0 Å². The van der Waals surface area contributed by atoms with Gasteiger partial charge in [0.2, 0.25) is 0 Å². The first kappa shape index (κ1) is 31.4. The third-order valence-corrected chi connectivity index (χ3v) is 8.48. The molecule has 0 atom stereocenters. The number of aromatic nitrogens is 1. The first-order valence-corrected chi connectivity index (χ1v) is 15.8. The predicted molar refractivity (Wildman–Crippen MR) is 178 cm³/mol. The Hall–Kier alpha value is -3.13. The fraction of sp³-hybridized carbons (Fsp3) is 0.395. The Morgan fingerprint density at radius 3 is 1.30 bits per heavy atom. The number of unbranched alkanes of at least 4 members (excludes halogenated alkanes) is 6. The molecule has 40 heavy (non-hydrogen) atoms. The highest BCUT2D eigenvalue weighted by molar-refractivity contribution is 7.11. The molecule has 4 aromatic rings. The summed E-state index contributed by atoms with van der Waals surface area (Å²) in [5.74, 6) is 0. The third-order valence-electron chi connectivity index (χ3n) is 8.48. The summed E-state index contributed by atoms with van der Waals surface area (Å²) in [5, 5.41) is 0. The van der Waals surface area contributed by atoms with Gasteiger partial charge in [-0.15, -0.1) is 0 Å². The molecule has 0 unspecified atom stereocenters. The van der Waals surface area contributed by atoms with Crippen molar-refractivity contribution in [3.8, 4) is 0 Å². The Labute approximate surface area is 245 Å². The van der Waals surface area contributed by atoms with E-state index in [0.29, 0.717) is 0 Å². The molecule has 0 spiro atoms. The zero-order valence-corrected chi connectivity index (χ0v) is 25.9. The SMILES string of the molecule is CCCCCCCC[B-](c1ccc(C)cc1)(c1ccc(C)cc1)c1ccc(C)cc1.CCCC[n+]1ccccc1. The quantitative estimate of drug-likeness (QED) is 0.0926. The smallest absolute Gasteiger partial charge is 0.168 e. The number of aryl methyl sites for hydroxylation is 4. The van der Waals surface area contributed by atoms with Gasteiger partial charge < -0.3 is 0 Å². The highest BCUT2D eigenvalue weighted by Gasteiger charge is 2.29. The van der Waals surface area contributed by atoms with Gasteiger partial charge in [-0.05, 0) is 20.8 Å². The zero-order chi connectivity index (χ0) is 28.6. The molecule has 0 radical (unpaired) electrons. The van der Waals surface area contributed by atoms with Gasteiger partial charge in [0.05, 0.1) is 6.15 Å². The fourth-order valence-corrected chi connectivity index (χ4v) is 5.92. The average Bonchev–Trinajstić information content (AvgIpc) is 2.98. The number of hydrogen-bond donors (Lipinski definition) is 0. The Balaban J connectivity index is 0.000000371. The van der Waals surface area contributed by atoms with Crippen LogP contribution in [0.25, 0.3) is 0 Å². The molecule has 0 aliphatic rings. The molecule has 0 bridgehead atoms. The van der Waals surface area contributed by atoms with Gasteiger partial charge in [0, 0.05) is 18.6 Å². The van der Waals surface area contributed by atoms with Crippen molar-refractivity contribution in [1.29, 1.82) is 0 Å². The number of rotatable bonds is 13. The lowest BCUT2D eigenvalue weighted by atomic mass is 9.14. The summed E-state index contributed by atoms with van der Waals surface area (Å²) in [6.45, 7) is 12.2. The Bertz CT molecular complexity index is 1100. The molecular weight excluding hydrogens is 481 g/mol. The van der Waals surface area contributed by atoms with Crippen LogP contribution in [0.4, 0.5) is 0 Å². The van der Waals surface area contributed by atoms with Crippen LogP contribution in [0.2, 0.25) is 6.32 Å². The standard InChI is InChI=1S/C29H38B.C9H14N/c1-5-6-7-8-9-10-23-30(27-17-11-24(2)12-18-27,28-19-13-25(3)14-20-28)29-21-15-26(4)16-22-29;1-2-3-7-10-8-5-4-6-9-10/h11-22H,5-10,23H2,1-4H3;4-6,8-9H,2-3,7H2,1H3/q-1;+1. The molecule has 0 amide bonds. The Kier molecular flexibility index (Phi) is 13.2. The van der Waals surface area contributed by atoms with Crippen LogP contribution in [-0.2, 0) is 6.54 Å². The third kappa shape index (κ3) is 9.22. The number of nitrogens with zero attached hydrogens (tertiary/aromatic N) is 1. The summed E-state index contributed by atoms with van der Waals surface area (Å²) in [4.78, 5) is 0. The van der Waals surface area contributed by atoms with Crippen molar-refractivity contribution in [3.63, 3.8) is 0 Å². The van der Waals surface area contributed by atoms with Gasteiger partial charge in [0.25, 0.3) is 0 Å². The molecule has 0 saturated heterocycles. The molecule has 1 aromatic heterocycles. The van der Waals surface area contributed by atoms with E-state index in [1.165, 1.54) is 90.8 Å². The molecule has 0 aliphatic heterocycles. The summed E-state index contributed by atoms with van der Waals surface area (Å²) < 4.78 is 2.21. The second-order valence-corrected chi connectivity index (χ2v) is 11.8. The van der Waals surface area contributed by atoms with Crippen LogP contribution in [0.3, 0.4) is 0 Å². The Morgan fingerprint density at radius 2 is 0.875 bits per heavy atom. The van der Waals surface area contributed by atoms with Gasteiger partial charge in [-0.25, -0.2) is 4.57 Å². The van der Waals surface area contributed by atoms with Crippen molar-refractivity contribution in [2.24, 2.45) is 0 Å². The molecule has 212 valence electrons. The van der Waals surface area contributed by atoms with Crippen LogP contribution in [0.15, 0.2) is 103 Å². The molecule has 0 fully saturated rings. The lowest BCUT2D eigenvalue weighted by Gasteiger charge is -2.43. The number of benzene rings is 3. The molecule has 0 N–H and O–H groups in total. The van der Waals surface area contributed by atoms with E-state index in [1.54, 1.807) is 0 Å². The maximum Gasteiger partial charge on any atom is 0.168 e. The molecule has 3 aromatic carbocycles. The van der Waals surface area contributed by atoms with Gasteiger partial charge >= 0.3 is 0 Å². The summed E-state index contributed by atoms with van der Waals surface area (Å²) in [7, 11) is 0. The maximum atomic E-state index is 2.38. The van der Waals surface area contributed by atoms with Crippen LogP contribution in [0.1, 0.15) is 81.9 Å². The normalized spacial score (nSPS) is 11.1. The summed E-state index contributed by atoms with van der Waals surface area (Å²) in [6, 6.07) is 34.2. The molecule has 0 saturated carbocycles. The van der Waals surface area contributed by atoms with E-state index >= 15 is 0 Å². The van der Waals surface area contributed by atoms with E-state index in [-0.39, 0.29) is 0 Å². The summed E-state index contributed by atoms with van der Waals surface area (Å²) in [5.41, 5.74) is 8.41. The van der Waals surface area contributed by atoms with E-state index in [2.05, 4.69) is 137 Å². The van der Waals surface area contributed by atoms with Gasteiger partial charge in [-0.3, -0.25) is 0 Å². The van der Waals surface area contributed by atoms with Gasteiger partial charge in [-0.1, -0.05) is 154 Å². The van der Waals surface area contributed by atoms with Gasteiger partial charge in [-0.2, -0.15) is 22.7 Å². The van der Waals surface area contributed by atoms with Crippen molar-refractivity contribution >= 4 is 22.5 Å². The molecule has 1 heterocycles. The average molecular weight is 534 g/mol. The predicted octanol–water partition coefficient (Wildman–Crippen LogP) is 8.22. The van der Waals surface area contributed by atoms with E-state index < -0.39 is 6.15 Å². The monoisotopic (exact) mass is 533 g/mol. The first-order valence-electron chi connectivity index (χ1n) is 15.8. The van der Waals surface area contributed by atoms with Gasteiger partial charge in [0.1, 0.15) is 6.54 Å². The van der Waals surface area contributed by atoms with E-state index in [1.807, 2.05) is 6.07 Å². The van der Waals surface area contributed by atoms with Crippen LogP contribution in [-0.4, -0.2) is 6.15 Å². The zero-order valence-electron chi connectivity index (χ0n) is 25.9. The second kappa shape index (κ2) is 16.9. The van der Waals surface area contributed by atoms with Gasteiger partial charge in [0.15, 0.2) is 12.4 Å². The Morgan fingerprint density at radius 1 is 0.475 bits per heavy atom. The lowest BCUT2D eigenvalue weighted by molar-refractivity contribution is -0.697. The summed E-state index contributed by atoms with van der Waals surface area (Å²) in [6.07, 6.45) is 15.0. The van der Waals surface area contributed by atoms with E-state index in [9.17, 15) is 0 Å². The van der Waals surface area contributed by atoms with Crippen LogP contribution < -0.4 is 21.0 Å². The lowest BCUT2D eigenvalue weighted by Crippen LogP contribution is -2.67. The molecule has 4 rings (SSSR count). The fourth-order valence-electron chi connectivity index (χ4n) is 5.92. The molecule has 1 nitrogen and oxygen atoms in total. The minimum atomic E-state index is -0.981. The summed E-state index contributed by atoms with van der Waals surface area (Å²) >= 11 is 0. The largest absolute Gasteiger partial charge is 0.205 e. The molecule has 0 aliphatic carbocycles. The minimum absolute atomic E-state index is 0.981. The second-order valence-electron chi connectivity index (χ2n) is 11.8. The molecule has 2 heteroatoms. The van der Waals surface area contributed by atoms with Crippen LogP contribution in [0.5, 0.6) is 0 Å². The van der Waals surface area contributed by atoms with E-state index in [0.717, 1.165) is 6.54 Å². The van der Waals surface area contributed by atoms with Crippen LogP contribution in [0, 0.1) is 20.8 Å². The first-order chi connectivity index (χ1) is 19.5. The molecular formula is C38H52BN. The van der Waals surface area contributed by atoms with Crippen molar-refractivity contribution in [1.82, 2.24) is 0 Å². The van der Waals surface area contributed by atoms with Crippen molar-refractivity contribution in [3.05, 3.63) is 120 Å². The number of hydrogen-bond acceptors (Lipinski definition) is 0. The van der Waals surface area contributed by atoms with Crippen LogP contribution >= 0.6 is 0 Å². The minimum Gasteiger partial charge on any atom is -0.205 e. The van der Waals surface area contributed by atoms with Crippen molar-refractivity contribution in [2.45, 2.75) is 98.9 Å². The highest BCUT2D eigenvalue weighted by Crippen LogP contribution is 2.19. The van der Waals surface area contributed by atoms with Crippen molar-refractivity contribution < 1.29 is 4.57 Å². The maximum absolute atomic E-state index is 2.38.